The zero-order valence-corrected chi connectivity index (χ0v) is 12.5. The number of hydrogen-bond donors (Lipinski definition) is 2. The molecule has 3 N–H and O–H groups in total. The van der Waals surface area contributed by atoms with Crippen LogP contribution in [0.25, 0.3) is 10.8 Å². The number of nitrogens with two attached hydrogens (primary N) is 1. The van der Waals surface area contributed by atoms with Gasteiger partial charge in [-0.1, -0.05) is 33.1 Å². The first-order valence-electron chi connectivity index (χ1n) is 7.65. The standard InChI is InChI=1S/C17H25N3/c1-3-5-7-13(6-4-2)20-17-9-8-16(18)15-12-19-11-10-14(15)17/h8-13,20H,3-7,18H2,1-2H3. The molecule has 0 aliphatic heterocycles. The fraction of sp³-hybridized carbons (Fsp3) is 0.471. The van der Waals surface area contributed by atoms with E-state index in [0.29, 0.717) is 6.04 Å². The molecule has 1 aromatic carbocycles. The number of rotatable bonds is 7. The quantitative estimate of drug-likeness (QED) is 0.724. The number of anilines is 2. The van der Waals surface area contributed by atoms with Crippen LogP contribution < -0.4 is 11.1 Å². The Labute approximate surface area is 121 Å². The minimum Gasteiger partial charge on any atom is -0.398 e. The highest BCUT2D eigenvalue weighted by atomic mass is 14.9. The molecule has 2 aromatic rings. The molecule has 0 fully saturated rings. The third-order valence-electron chi connectivity index (χ3n) is 3.75. The maximum Gasteiger partial charge on any atom is 0.0424 e. The summed E-state index contributed by atoms with van der Waals surface area (Å²) in [6.07, 6.45) is 9.82. The first kappa shape index (κ1) is 14.6. The van der Waals surface area contributed by atoms with E-state index in [9.17, 15) is 0 Å². The summed E-state index contributed by atoms with van der Waals surface area (Å²) in [4.78, 5) is 4.17. The summed E-state index contributed by atoms with van der Waals surface area (Å²) in [5.41, 5.74) is 7.99. The molecule has 1 aromatic heterocycles. The van der Waals surface area contributed by atoms with Gasteiger partial charge in [0.15, 0.2) is 0 Å². The molecule has 0 saturated carbocycles. The van der Waals surface area contributed by atoms with Crippen LogP contribution in [0.1, 0.15) is 46.0 Å². The van der Waals surface area contributed by atoms with E-state index < -0.39 is 0 Å². The molecule has 108 valence electrons. The SMILES string of the molecule is CCCCC(CCC)Nc1ccc(N)c2cnccc12. The van der Waals surface area contributed by atoms with Crippen molar-refractivity contribution in [2.45, 2.75) is 52.0 Å². The van der Waals surface area contributed by atoms with Crippen molar-refractivity contribution in [1.82, 2.24) is 4.98 Å². The molecule has 0 radical (unpaired) electrons. The van der Waals surface area contributed by atoms with Crippen molar-refractivity contribution in [3.63, 3.8) is 0 Å². The van der Waals surface area contributed by atoms with E-state index in [1.165, 1.54) is 37.8 Å². The summed E-state index contributed by atoms with van der Waals surface area (Å²) in [5.74, 6) is 0. The first-order valence-corrected chi connectivity index (χ1v) is 7.65. The van der Waals surface area contributed by atoms with Gasteiger partial charge in [0.1, 0.15) is 0 Å². The molecular weight excluding hydrogens is 246 g/mol. The van der Waals surface area contributed by atoms with Gasteiger partial charge in [-0.25, -0.2) is 0 Å². The van der Waals surface area contributed by atoms with Crippen LogP contribution >= 0.6 is 0 Å². The Kier molecular flexibility index (Phi) is 5.22. The maximum atomic E-state index is 6.03. The molecule has 1 atom stereocenters. The van der Waals surface area contributed by atoms with E-state index in [1.807, 2.05) is 24.5 Å². The van der Waals surface area contributed by atoms with Gasteiger partial charge in [-0.3, -0.25) is 4.98 Å². The van der Waals surface area contributed by atoms with Crippen molar-refractivity contribution in [1.29, 1.82) is 0 Å². The fourth-order valence-corrected chi connectivity index (χ4v) is 2.65. The van der Waals surface area contributed by atoms with Gasteiger partial charge in [-0.15, -0.1) is 0 Å². The van der Waals surface area contributed by atoms with E-state index in [4.69, 9.17) is 5.73 Å². The number of pyridine rings is 1. The number of nitrogens with one attached hydrogen (secondary N) is 1. The highest BCUT2D eigenvalue weighted by molar-refractivity contribution is 6.00. The van der Waals surface area contributed by atoms with Crippen LogP contribution in [0.4, 0.5) is 11.4 Å². The Hall–Kier alpha value is -1.77. The van der Waals surface area contributed by atoms with Gasteiger partial charge in [0.05, 0.1) is 0 Å². The number of fused-ring (bicyclic) bond motifs is 1. The number of nitrogen functional groups attached to an aromatic ring is 1. The minimum absolute atomic E-state index is 0.542. The molecule has 0 aliphatic carbocycles. The van der Waals surface area contributed by atoms with Gasteiger partial charge in [0.25, 0.3) is 0 Å². The summed E-state index contributed by atoms with van der Waals surface area (Å²) < 4.78 is 0. The molecule has 0 bridgehead atoms. The molecule has 0 spiro atoms. The second kappa shape index (κ2) is 7.13. The molecule has 3 heteroatoms. The number of hydrogen-bond acceptors (Lipinski definition) is 3. The highest BCUT2D eigenvalue weighted by Gasteiger charge is 2.10. The van der Waals surface area contributed by atoms with Gasteiger partial charge in [-0.2, -0.15) is 0 Å². The van der Waals surface area contributed by atoms with Crippen LogP contribution in [0.5, 0.6) is 0 Å². The Morgan fingerprint density at radius 1 is 1.10 bits per heavy atom. The second-order valence-corrected chi connectivity index (χ2v) is 5.40. The van der Waals surface area contributed by atoms with E-state index in [2.05, 4.69) is 30.2 Å². The Balaban J connectivity index is 2.25. The smallest absolute Gasteiger partial charge is 0.0424 e. The lowest BCUT2D eigenvalue weighted by atomic mass is 10.0. The Bertz CT molecular complexity index is 551. The average Bonchev–Trinajstić information content (AvgIpc) is 2.48. The van der Waals surface area contributed by atoms with Crippen molar-refractivity contribution in [3.05, 3.63) is 30.6 Å². The van der Waals surface area contributed by atoms with E-state index in [-0.39, 0.29) is 0 Å². The van der Waals surface area contributed by atoms with Crippen LogP contribution in [0.3, 0.4) is 0 Å². The molecule has 2 rings (SSSR count). The summed E-state index contributed by atoms with van der Waals surface area (Å²) in [7, 11) is 0. The molecule has 0 saturated heterocycles. The zero-order chi connectivity index (χ0) is 14.4. The van der Waals surface area contributed by atoms with Gasteiger partial charge >= 0.3 is 0 Å². The van der Waals surface area contributed by atoms with Crippen molar-refractivity contribution >= 4 is 22.1 Å². The Morgan fingerprint density at radius 2 is 1.95 bits per heavy atom. The lowest BCUT2D eigenvalue weighted by molar-refractivity contribution is 0.565. The summed E-state index contributed by atoms with van der Waals surface area (Å²) in [5, 5.41) is 5.90. The third-order valence-corrected chi connectivity index (χ3v) is 3.75. The van der Waals surface area contributed by atoms with Crippen molar-refractivity contribution in [2.24, 2.45) is 0 Å². The van der Waals surface area contributed by atoms with E-state index in [1.54, 1.807) is 0 Å². The predicted molar refractivity (Wildman–Crippen MR) is 88.0 cm³/mol. The third kappa shape index (κ3) is 3.41. The number of aromatic nitrogens is 1. The van der Waals surface area contributed by atoms with Gasteiger partial charge in [0, 0.05) is 40.6 Å². The largest absolute Gasteiger partial charge is 0.398 e. The maximum absolute atomic E-state index is 6.03. The Morgan fingerprint density at radius 3 is 2.70 bits per heavy atom. The number of nitrogens with zero attached hydrogens (tertiary/aromatic N) is 1. The number of benzene rings is 1. The average molecular weight is 271 g/mol. The van der Waals surface area contributed by atoms with Crippen molar-refractivity contribution in [2.75, 3.05) is 11.1 Å². The molecule has 1 heterocycles. The van der Waals surface area contributed by atoms with Crippen LogP contribution in [0, 0.1) is 0 Å². The van der Waals surface area contributed by atoms with Crippen LogP contribution in [-0.2, 0) is 0 Å². The lowest BCUT2D eigenvalue weighted by Crippen LogP contribution is -2.19. The topological polar surface area (TPSA) is 50.9 Å². The van der Waals surface area contributed by atoms with Crippen molar-refractivity contribution in [3.8, 4) is 0 Å². The van der Waals surface area contributed by atoms with E-state index in [0.717, 1.165) is 16.5 Å². The van der Waals surface area contributed by atoms with Gasteiger partial charge in [-0.05, 0) is 31.0 Å². The minimum atomic E-state index is 0.542. The van der Waals surface area contributed by atoms with Crippen LogP contribution in [0.15, 0.2) is 30.6 Å². The number of unbranched alkanes of at least 4 members (excludes halogenated alkanes) is 1. The normalized spacial score (nSPS) is 12.5. The zero-order valence-electron chi connectivity index (χ0n) is 12.5. The molecular formula is C17H25N3. The summed E-state index contributed by atoms with van der Waals surface area (Å²) >= 11 is 0. The molecule has 3 nitrogen and oxygen atoms in total. The fourth-order valence-electron chi connectivity index (χ4n) is 2.65. The second-order valence-electron chi connectivity index (χ2n) is 5.40. The van der Waals surface area contributed by atoms with Gasteiger partial charge < -0.3 is 11.1 Å². The molecule has 0 aliphatic rings. The monoisotopic (exact) mass is 271 g/mol. The highest BCUT2D eigenvalue weighted by Crippen LogP contribution is 2.28. The molecule has 20 heavy (non-hydrogen) atoms. The molecule has 0 amide bonds. The van der Waals surface area contributed by atoms with Crippen LogP contribution in [0.2, 0.25) is 0 Å². The lowest BCUT2D eigenvalue weighted by Gasteiger charge is -2.20. The predicted octanol–water partition coefficient (Wildman–Crippen LogP) is 4.59. The first-order chi connectivity index (χ1) is 9.76. The van der Waals surface area contributed by atoms with Crippen LogP contribution in [-0.4, -0.2) is 11.0 Å². The van der Waals surface area contributed by atoms with Crippen molar-refractivity contribution < 1.29 is 0 Å². The molecule has 1 unspecified atom stereocenters. The summed E-state index contributed by atoms with van der Waals surface area (Å²) in [6.45, 7) is 4.49. The van der Waals surface area contributed by atoms with Gasteiger partial charge in [0.2, 0.25) is 0 Å². The van der Waals surface area contributed by atoms with E-state index >= 15 is 0 Å². The summed E-state index contributed by atoms with van der Waals surface area (Å²) in [6, 6.07) is 6.64.